The van der Waals surface area contributed by atoms with Gasteiger partial charge in [0.25, 0.3) is 5.91 Å². The zero-order chi connectivity index (χ0) is 10.7. The van der Waals surface area contributed by atoms with Crippen LogP contribution < -0.4 is 10.6 Å². The minimum Gasteiger partial charge on any atom is -0.365 e. The lowest BCUT2D eigenvalue weighted by Gasteiger charge is -2.06. The molecule has 5 heteroatoms. The second-order valence-electron chi connectivity index (χ2n) is 3.31. The highest BCUT2D eigenvalue weighted by molar-refractivity contribution is 7.17. The fourth-order valence-corrected chi connectivity index (χ4v) is 1.86. The van der Waals surface area contributed by atoms with Gasteiger partial charge in [0.15, 0.2) is 5.13 Å². The number of hydrogen-bond donors (Lipinski definition) is 2. The lowest BCUT2D eigenvalue weighted by atomic mass is 10.3. The van der Waals surface area contributed by atoms with E-state index in [4.69, 9.17) is 0 Å². The van der Waals surface area contributed by atoms with E-state index in [1.807, 2.05) is 20.8 Å². The Bertz CT molecular complexity index is 333. The van der Waals surface area contributed by atoms with Gasteiger partial charge < -0.3 is 10.6 Å². The second kappa shape index (κ2) is 4.41. The molecule has 0 saturated carbocycles. The highest BCUT2D eigenvalue weighted by Gasteiger charge is 2.14. The van der Waals surface area contributed by atoms with Crippen molar-refractivity contribution in [3.05, 3.63) is 10.6 Å². The van der Waals surface area contributed by atoms with E-state index in [0.29, 0.717) is 4.88 Å². The van der Waals surface area contributed by atoms with E-state index < -0.39 is 0 Å². The summed E-state index contributed by atoms with van der Waals surface area (Å²) in [6, 6.07) is 0.155. The van der Waals surface area contributed by atoms with Gasteiger partial charge in [-0.1, -0.05) is 11.3 Å². The van der Waals surface area contributed by atoms with Crippen molar-refractivity contribution in [3.63, 3.8) is 0 Å². The van der Waals surface area contributed by atoms with Gasteiger partial charge in [-0.25, -0.2) is 4.98 Å². The number of amides is 1. The average Bonchev–Trinajstić information content (AvgIpc) is 2.45. The summed E-state index contributed by atoms with van der Waals surface area (Å²) in [5, 5.41) is 6.54. The van der Waals surface area contributed by atoms with Crippen LogP contribution in [0.15, 0.2) is 0 Å². The molecule has 1 rings (SSSR count). The molecule has 14 heavy (non-hydrogen) atoms. The first kappa shape index (κ1) is 11.0. The third kappa shape index (κ3) is 2.45. The van der Waals surface area contributed by atoms with Crippen molar-refractivity contribution >= 4 is 22.4 Å². The van der Waals surface area contributed by atoms with Crippen molar-refractivity contribution in [2.75, 3.05) is 12.4 Å². The van der Waals surface area contributed by atoms with Crippen molar-refractivity contribution in [2.45, 2.75) is 26.8 Å². The molecule has 0 aliphatic heterocycles. The van der Waals surface area contributed by atoms with Crippen LogP contribution in [0, 0.1) is 6.92 Å². The molecule has 1 amide bonds. The number of nitrogens with one attached hydrogen (secondary N) is 2. The van der Waals surface area contributed by atoms with Crippen LogP contribution in [-0.2, 0) is 0 Å². The Morgan fingerprint density at radius 2 is 2.14 bits per heavy atom. The van der Waals surface area contributed by atoms with E-state index >= 15 is 0 Å². The van der Waals surface area contributed by atoms with Crippen molar-refractivity contribution in [1.29, 1.82) is 0 Å². The maximum atomic E-state index is 11.6. The Morgan fingerprint density at radius 1 is 1.50 bits per heavy atom. The van der Waals surface area contributed by atoms with Crippen LogP contribution in [0.2, 0.25) is 0 Å². The fraction of sp³-hybridized carbons (Fsp3) is 0.556. The summed E-state index contributed by atoms with van der Waals surface area (Å²) in [7, 11) is 1.79. The van der Waals surface area contributed by atoms with Crippen LogP contribution in [0.4, 0.5) is 5.13 Å². The largest absolute Gasteiger partial charge is 0.365 e. The third-order valence-corrected chi connectivity index (χ3v) is 2.81. The highest BCUT2D eigenvalue weighted by Crippen LogP contribution is 2.21. The number of aromatic nitrogens is 1. The summed E-state index contributed by atoms with van der Waals surface area (Å²) in [5.41, 5.74) is 0.775. The topological polar surface area (TPSA) is 54.0 Å². The molecule has 0 unspecified atom stereocenters. The summed E-state index contributed by atoms with van der Waals surface area (Å²) >= 11 is 1.38. The van der Waals surface area contributed by atoms with Crippen LogP contribution in [-0.4, -0.2) is 24.0 Å². The lowest BCUT2D eigenvalue weighted by Crippen LogP contribution is -2.29. The first-order valence-corrected chi connectivity index (χ1v) is 5.32. The van der Waals surface area contributed by atoms with Crippen LogP contribution in [0.25, 0.3) is 0 Å². The number of rotatable bonds is 3. The molecule has 0 aliphatic carbocycles. The van der Waals surface area contributed by atoms with E-state index in [9.17, 15) is 4.79 Å². The highest BCUT2D eigenvalue weighted by atomic mass is 32.1. The molecule has 0 atom stereocenters. The Kier molecular flexibility index (Phi) is 3.46. The molecular formula is C9H15N3OS. The van der Waals surface area contributed by atoms with Crippen molar-refractivity contribution in [2.24, 2.45) is 0 Å². The van der Waals surface area contributed by atoms with E-state index in [2.05, 4.69) is 15.6 Å². The van der Waals surface area contributed by atoms with Gasteiger partial charge in [-0.15, -0.1) is 0 Å². The van der Waals surface area contributed by atoms with Gasteiger partial charge in [-0.3, -0.25) is 4.79 Å². The SMILES string of the molecule is CNc1nc(C)c(C(=O)NC(C)C)s1. The van der Waals surface area contributed by atoms with E-state index in [1.54, 1.807) is 7.05 Å². The second-order valence-corrected chi connectivity index (χ2v) is 4.31. The first-order chi connectivity index (χ1) is 6.54. The summed E-state index contributed by atoms with van der Waals surface area (Å²) in [5.74, 6) is -0.0449. The predicted molar refractivity (Wildman–Crippen MR) is 59.0 cm³/mol. The normalized spacial score (nSPS) is 10.4. The van der Waals surface area contributed by atoms with Crippen LogP contribution in [0.5, 0.6) is 0 Å². The summed E-state index contributed by atoms with van der Waals surface area (Å²) in [6.45, 7) is 5.72. The lowest BCUT2D eigenvalue weighted by molar-refractivity contribution is 0.0946. The molecule has 0 spiro atoms. The number of carbonyl (C=O) groups excluding carboxylic acids is 1. The van der Waals surface area contributed by atoms with Crippen LogP contribution in [0.1, 0.15) is 29.2 Å². The number of hydrogen-bond acceptors (Lipinski definition) is 4. The number of thiazole rings is 1. The monoisotopic (exact) mass is 213 g/mol. The van der Waals surface area contributed by atoms with Gasteiger partial charge >= 0.3 is 0 Å². The smallest absolute Gasteiger partial charge is 0.263 e. The minimum atomic E-state index is -0.0449. The Balaban J connectivity index is 2.84. The molecule has 0 bridgehead atoms. The summed E-state index contributed by atoms with van der Waals surface area (Å²) in [4.78, 5) is 16.5. The van der Waals surface area contributed by atoms with E-state index in [0.717, 1.165) is 10.8 Å². The zero-order valence-electron chi connectivity index (χ0n) is 8.84. The van der Waals surface area contributed by atoms with Gasteiger partial charge in [-0.2, -0.15) is 0 Å². The first-order valence-electron chi connectivity index (χ1n) is 4.50. The maximum absolute atomic E-state index is 11.6. The van der Waals surface area contributed by atoms with E-state index in [-0.39, 0.29) is 11.9 Å². The molecule has 2 N–H and O–H groups in total. The quantitative estimate of drug-likeness (QED) is 0.802. The fourth-order valence-electron chi connectivity index (χ4n) is 1.04. The molecule has 1 aromatic heterocycles. The Hall–Kier alpha value is -1.10. The number of aryl methyl sites for hydroxylation is 1. The third-order valence-electron chi connectivity index (χ3n) is 1.64. The van der Waals surface area contributed by atoms with Gasteiger partial charge in [-0.05, 0) is 20.8 Å². The maximum Gasteiger partial charge on any atom is 0.263 e. The molecule has 78 valence electrons. The van der Waals surface area contributed by atoms with Gasteiger partial charge in [0, 0.05) is 13.1 Å². The minimum absolute atomic E-state index is 0.0449. The molecular weight excluding hydrogens is 198 g/mol. The van der Waals surface area contributed by atoms with Gasteiger partial charge in [0.1, 0.15) is 4.88 Å². The molecule has 0 radical (unpaired) electrons. The standard InChI is InChI=1S/C9H15N3OS/c1-5(2)11-8(13)7-6(3)12-9(10-4)14-7/h5H,1-4H3,(H,10,12)(H,11,13). The van der Waals surface area contributed by atoms with E-state index in [1.165, 1.54) is 11.3 Å². The van der Waals surface area contributed by atoms with Crippen molar-refractivity contribution < 1.29 is 4.79 Å². The molecule has 0 aromatic carbocycles. The molecule has 4 nitrogen and oxygen atoms in total. The zero-order valence-corrected chi connectivity index (χ0v) is 9.66. The molecule has 0 saturated heterocycles. The molecule has 1 aromatic rings. The molecule has 0 aliphatic rings. The van der Waals surface area contributed by atoms with Crippen LogP contribution in [0.3, 0.4) is 0 Å². The average molecular weight is 213 g/mol. The number of anilines is 1. The summed E-state index contributed by atoms with van der Waals surface area (Å²) in [6.07, 6.45) is 0. The number of carbonyl (C=O) groups is 1. The Morgan fingerprint density at radius 3 is 2.57 bits per heavy atom. The number of nitrogens with zero attached hydrogens (tertiary/aromatic N) is 1. The Labute approximate surface area is 87.7 Å². The molecule has 0 fully saturated rings. The summed E-state index contributed by atoms with van der Waals surface area (Å²) < 4.78 is 0. The van der Waals surface area contributed by atoms with Gasteiger partial charge in [0.05, 0.1) is 5.69 Å². The van der Waals surface area contributed by atoms with Crippen LogP contribution >= 0.6 is 11.3 Å². The predicted octanol–water partition coefficient (Wildman–Crippen LogP) is 1.63. The van der Waals surface area contributed by atoms with Crippen molar-refractivity contribution in [3.8, 4) is 0 Å². The molecule has 1 heterocycles. The van der Waals surface area contributed by atoms with Crippen molar-refractivity contribution in [1.82, 2.24) is 10.3 Å². The van der Waals surface area contributed by atoms with Gasteiger partial charge in [0.2, 0.25) is 0 Å².